The molecule has 23 heavy (non-hydrogen) atoms. The summed E-state index contributed by atoms with van der Waals surface area (Å²) in [5, 5.41) is 0. The maximum Gasteiger partial charge on any atom is 0.331 e. The van der Waals surface area contributed by atoms with Gasteiger partial charge in [0.1, 0.15) is 6.10 Å². The van der Waals surface area contributed by atoms with Crippen LogP contribution in [0.5, 0.6) is 11.5 Å². The van der Waals surface area contributed by atoms with E-state index in [4.69, 9.17) is 14.2 Å². The van der Waals surface area contributed by atoms with Crippen molar-refractivity contribution in [3.63, 3.8) is 0 Å². The normalized spacial score (nSPS) is 12.0. The van der Waals surface area contributed by atoms with E-state index in [1.54, 1.807) is 26.4 Å². The van der Waals surface area contributed by atoms with E-state index in [0.717, 1.165) is 11.1 Å². The molecule has 0 N–H and O–H groups in total. The quantitative estimate of drug-likeness (QED) is 0.597. The molecular weight excluding hydrogens is 292 g/mol. The van der Waals surface area contributed by atoms with Crippen LogP contribution in [0.4, 0.5) is 0 Å². The molecule has 0 fully saturated rings. The van der Waals surface area contributed by atoms with Gasteiger partial charge in [-0.25, -0.2) is 4.79 Å². The van der Waals surface area contributed by atoms with Gasteiger partial charge in [-0.2, -0.15) is 0 Å². The Hall–Kier alpha value is -2.75. The average Bonchev–Trinajstić information content (AvgIpc) is 2.60. The standard InChI is InChI=1S/C19H20O4/c1-14(15-8-5-4-6-9-15)23-18(20)13-12-16-10-7-11-17(21-2)19(16)22-3/h4-14H,1-3H3/b13-12+/t14-/m1/s1. The van der Waals surface area contributed by atoms with Crippen molar-refractivity contribution in [3.8, 4) is 11.5 Å². The molecule has 0 amide bonds. The van der Waals surface area contributed by atoms with Crippen LogP contribution in [0.15, 0.2) is 54.6 Å². The smallest absolute Gasteiger partial charge is 0.331 e. The van der Waals surface area contributed by atoms with Crippen LogP contribution in [-0.2, 0) is 9.53 Å². The Morgan fingerprint density at radius 3 is 2.39 bits per heavy atom. The minimum atomic E-state index is -0.411. The van der Waals surface area contributed by atoms with Crippen molar-refractivity contribution in [1.82, 2.24) is 0 Å². The monoisotopic (exact) mass is 312 g/mol. The Morgan fingerprint density at radius 1 is 1.00 bits per heavy atom. The molecule has 0 bridgehead atoms. The molecule has 2 aromatic carbocycles. The fraction of sp³-hybridized carbons (Fsp3) is 0.211. The summed E-state index contributed by atoms with van der Waals surface area (Å²) >= 11 is 0. The third-order valence-electron chi connectivity index (χ3n) is 3.39. The van der Waals surface area contributed by atoms with Crippen molar-refractivity contribution in [2.24, 2.45) is 0 Å². The minimum absolute atomic E-state index is 0.305. The van der Waals surface area contributed by atoms with Gasteiger partial charge in [0.25, 0.3) is 0 Å². The number of hydrogen-bond donors (Lipinski definition) is 0. The van der Waals surface area contributed by atoms with Crippen LogP contribution in [0.1, 0.15) is 24.2 Å². The molecule has 0 aliphatic heterocycles. The number of carbonyl (C=O) groups is 1. The highest BCUT2D eigenvalue weighted by Gasteiger charge is 2.10. The Kier molecular flexibility index (Phi) is 5.80. The lowest BCUT2D eigenvalue weighted by Crippen LogP contribution is -2.05. The number of ether oxygens (including phenoxy) is 3. The van der Waals surface area contributed by atoms with Gasteiger partial charge >= 0.3 is 5.97 Å². The number of hydrogen-bond acceptors (Lipinski definition) is 4. The van der Waals surface area contributed by atoms with Gasteiger partial charge in [-0.3, -0.25) is 0 Å². The fourth-order valence-electron chi connectivity index (χ4n) is 2.21. The molecule has 0 saturated carbocycles. The summed E-state index contributed by atoms with van der Waals surface area (Å²) in [6, 6.07) is 15.1. The fourth-order valence-corrected chi connectivity index (χ4v) is 2.21. The summed E-state index contributed by atoms with van der Waals surface area (Å²) < 4.78 is 15.9. The molecular formula is C19H20O4. The Morgan fingerprint density at radius 2 is 1.74 bits per heavy atom. The summed E-state index contributed by atoms with van der Waals surface area (Å²) in [7, 11) is 3.13. The van der Waals surface area contributed by atoms with Gasteiger partial charge in [-0.15, -0.1) is 0 Å². The molecule has 0 spiro atoms. The zero-order valence-corrected chi connectivity index (χ0v) is 13.5. The summed E-state index contributed by atoms with van der Waals surface area (Å²) in [5.41, 5.74) is 1.70. The van der Waals surface area contributed by atoms with Crippen LogP contribution < -0.4 is 9.47 Å². The maximum absolute atomic E-state index is 12.0. The number of para-hydroxylation sites is 1. The van der Waals surface area contributed by atoms with Crippen LogP contribution in [-0.4, -0.2) is 20.2 Å². The predicted molar refractivity (Wildman–Crippen MR) is 89.5 cm³/mol. The van der Waals surface area contributed by atoms with Gasteiger partial charge in [-0.05, 0) is 24.6 Å². The SMILES string of the molecule is COc1cccc(/C=C/C(=O)O[C@H](C)c2ccccc2)c1OC. The molecule has 0 radical (unpaired) electrons. The Balaban J connectivity index is 2.07. The van der Waals surface area contributed by atoms with Gasteiger partial charge in [0.05, 0.1) is 14.2 Å². The first-order valence-corrected chi connectivity index (χ1v) is 7.30. The van der Waals surface area contributed by atoms with Crippen LogP contribution in [0.2, 0.25) is 0 Å². The molecule has 0 saturated heterocycles. The number of methoxy groups -OCH3 is 2. The first-order valence-electron chi connectivity index (χ1n) is 7.30. The van der Waals surface area contributed by atoms with E-state index in [9.17, 15) is 4.79 Å². The molecule has 0 aliphatic carbocycles. The molecule has 4 nitrogen and oxygen atoms in total. The first-order chi connectivity index (χ1) is 11.2. The van der Waals surface area contributed by atoms with Gasteiger partial charge in [0.2, 0.25) is 0 Å². The van der Waals surface area contributed by atoms with E-state index in [2.05, 4.69) is 0 Å². The largest absolute Gasteiger partial charge is 0.493 e. The van der Waals surface area contributed by atoms with E-state index in [-0.39, 0.29) is 6.10 Å². The molecule has 0 aromatic heterocycles. The number of carbonyl (C=O) groups excluding carboxylic acids is 1. The average molecular weight is 312 g/mol. The summed E-state index contributed by atoms with van der Waals surface area (Å²) in [5.74, 6) is 0.780. The van der Waals surface area contributed by atoms with Gasteiger partial charge in [0, 0.05) is 11.6 Å². The van der Waals surface area contributed by atoms with Crippen LogP contribution in [0.25, 0.3) is 6.08 Å². The van der Waals surface area contributed by atoms with E-state index in [1.165, 1.54) is 6.08 Å². The van der Waals surface area contributed by atoms with Crippen molar-refractivity contribution in [1.29, 1.82) is 0 Å². The number of benzene rings is 2. The second-order valence-corrected chi connectivity index (χ2v) is 4.91. The molecule has 0 unspecified atom stereocenters. The van der Waals surface area contributed by atoms with E-state index >= 15 is 0 Å². The maximum atomic E-state index is 12.0. The molecule has 1 atom stereocenters. The van der Waals surface area contributed by atoms with Crippen molar-refractivity contribution < 1.29 is 19.0 Å². The molecule has 2 rings (SSSR count). The highest BCUT2D eigenvalue weighted by molar-refractivity contribution is 5.88. The highest BCUT2D eigenvalue weighted by atomic mass is 16.5. The van der Waals surface area contributed by atoms with Crippen molar-refractivity contribution >= 4 is 12.0 Å². The van der Waals surface area contributed by atoms with Gasteiger partial charge in [0.15, 0.2) is 11.5 Å². The zero-order chi connectivity index (χ0) is 16.7. The third-order valence-corrected chi connectivity index (χ3v) is 3.39. The second-order valence-electron chi connectivity index (χ2n) is 4.91. The molecule has 0 heterocycles. The van der Waals surface area contributed by atoms with Crippen LogP contribution in [0, 0.1) is 0 Å². The second kappa shape index (κ2) is 8.03. The third kappa shape index (κ3) is 4.36. The van der Waals surface area contributed by atoms with Gasteiger partial charge < -0.3 is 14.2 Å². The molecule has 0 aliphatic rings. The molecule has 120 valence electrons. The summed E-state index contributed by atoms with van der Waals surface area (Å²) in [4.78, 5) is 12.0. The summed E-state index contributed by atoms with van der Waals surface area (Å²) in [6.45, 7) is 1.84. The van der Waals surface area contributed by atoms with Crippen molar-refractivity contribution in [3.05, 3.63) is 65.7 Å². The minimum Gasteiger partial charge on any atom is -0.493 e. The van der Waals surface area contributed by atoms with Gasteiger partial charge in [-0.1, -0.05) is 42.5 Å². The number of esters is 1. The lowest BCUT2D eigenvalue weighted by molar-refractivity contribution is -0.142. The van der Waals surface area contributed by atoms with Crippen LogP contribution in [0.3, 0.4) is 0 Å². The predicted octanol–water partition coefficient (Wildman–Crippen LogP) is 4.02. The Labute approximate surface area is 136 Å². The molecule has 2 aromatic rings. The molecule has 4 heteroatoms. The number of rotatable bonds is 6. The first kappa shape index (κ1) is 16.6. The lowest BCUT2D eigenvalue weighted by Gasteiger charge is -2.12. The van der Waals surface area contributed by atoms with Crippen LogP contribution >= 0.6 is 0 Å². The van der Waals surface area contributed by atoms with E-state index < -0.39 is 5.97 Å². The van der Waals surface area contributed by atoms with E-state index in [0.29, 0.717) is 11.5 Å². The van der Waals surface area contributed by atoms with Crippen molar-refractivity contribution in [2.75, 3.05) is 14.2 Å². The van der Waals surface area contributed by atoms with E-state index in [1.807, 2.05) is 49.4 Å². The zero-order valence-electron chi connectivity index (χ0n) is 13.5. The van der Waals surface area contributed by atoms with Crippen molar-refractivity contribution in [2.45, 2.75) is 13.0 Å². The highest BCUT2D eigenvalue weighted by Crippen LogP contribution is 2.31. The topological polar surface area (TPSA) is 44.8 Å². The Bertz CT molecular complexity index is 677. The lowest BCUT2D eigenvalue weighted by atomic mass is 10.1. The summed E-state index contributed by atoms with van der Waals surface area (Å²) in [6.07, 6.45) is 2.73.